The van der Waals surface area contributed by atoms with Crippen LogP contribution in [0.15, 0.2) is 30.5 Å². The average molecular weight is 366 g/mol. The maximum atomic E-state index is 13.1. The normalized spacial score (nSPS) is 26.6. The van der Waals surface area contributed by atoms with E-state index in [-0.39, 0.29) is 5.78 Å². The van der Waals surface area contributed by atoms with Crippen LogP contribution in [0.3, 0.4) is 0 Å². The predicted molar refractivity (Wildman–Crippen MR) is 97.0 cm³/mol. The van der Waals surface area contributed by atoms with Gasteiger partial charge in [-0.05, 0) is 38.2 Å². The second kappa shape index (κ2) is 5.76. The third-order valence-corrected chi connectivity index (χ3v) is 6.69. The number of rotatable bonds is 4. The van der Waals surface area contributed by atoms with Crippen LogP contribution in [0, 0.1) is 11.3 Å². The maximum Gasteiger partial charge on any atom is 0.173 e. The molecule has 2 heterocycles. The Morgan fingerprint density at radius 2 is 1.96 bits per heavy atom. The Morgan fingerprint density at radius 1 is 1.29 bits per heavy atom. The van der Waals surface area contributed by atoms with Crippen molar-refractivity contribution < 1.29 is 9.53 Å². The topological polar surface area (TPSA) is 31.2 Å². The van der Waals surface area contributed by atoms with Gasteiger partial charge in [0.2, 0.25) is 0 Å². The van der Waals surface area contributed by atoms with Gasteiger partial charge >= 0.3 is 0 Å². The number of fused-ring (bicyclic) bond motifs is 1. The lowest BCUT2D eigenvalue weighted by molar-refractivity contribution is 0.0616. The average Bonchev–Trinajstić information content (AvgIpc) is 2.93. The van der Waals surface area contributed by atoms with Crippen molar-refractivity contribution in [3.05, 3.63) is 36.0 Å². The summed E-state index contributed by atoms with van der Waals surface area (Å²) in [5.41, 5.74) is 1.17. The fourth-order valence-corrected chi connectivity index (χ4v) is 4.44. The summed E-state index contributed by atoms with van der Waals surface area (Å²) in [6.45, 7) is 4.43. The Balaban J connectivity index is 1.70. The summed E-state index contributed by atoms with van der Waals surface area (Å²) in [6, 6.07) is 8.08. The number of para-hydroxylation sites is 1. The van der Waals surface area contributed by atoms with E-state index in [9.17, 15) is 4.79 Å². The minimum Gasteiger partial charge on any atom is -0.381 e. The van der Waals surface area contributed by atoms with Gasteiger partial charge in [0, 0.05) is 42.4 Å². The first-order valence-corrected chi connectivity index (χ1v) is 9.26. The summed E-state index contributed by atoms with van der Waals surface area (Å²) >= 11 is 12.5. The van der Waals surface area contributed by atoms with E-state index in [1.165, 1.54) is 0 Å². The molecule has 0 amide bonds. The zero-order valence-electron chi connectivity index (χ0n) is 13.7. The number of carbonyl (C=O) groups excluding carboxylic acids is 1. The third kappa shape index (κ3) is 2.58. The van der Waals surface area contributed by atoms with Crippen LogP contribution in [0.1, 0.15) is 36.5 Å². The van der Waals surface area contributed by atoms with Gasteiger partial charge in [-0.3, -0.25) is 4.79 Å². The second-order valence-corrected chi connectivity index (χ2v) is 8.79. The summed E-state index contributed by atoms with van der Waals surface area (Å²) in [5.74, 6) is 0.642. The SMILES string of the molecule is CC1(C(=O)c2cn(CC3CCOCC3)c3ccccc23)CC1(Cl)Cl. The molecule has 1 aromatic carbocycles. The van der Waals surface area contributed by atoms with Crippen molar-refractivity contribution in [3.8, 4) is 0 Å². The summed E-state index contributed by atoms with van der Waals surface area (Å²) in [5, 5.41) is 0.992. The monoisotopic (exact) mass is 365 g/mol. The first-order chi connectivity index (χ1) is 11.4. The zero-order valence-corrected chi connectivity index (χ0v) is 15.2. The summed E-state index contributed by atoms with van der Waals surface area (Å²) in [4.78, 5) is 13.1. The molecule has 5 heteroatoms. The molecule has 24 heavy (non-hydrogen) atoms. The van der Waals surface area contributed by atoms with Crippen LogP contribution in [0.4, 0.5) is 0 Å². The number of ether oxygens (including phenoxy) is 1. The molecular weight excluding hydrogens is 345 g/mol. The molecule has 3 nitrogen and oxygen atoms in total. The number of nitrogens with zero attached hydrogens (tertiary/aromatic N) is 1. The van der Waals surface area contributed by atoms with Crippen molar-refractivity contribution in [2.24, 2.45) is 11.3 Å². The number of carbonyl (C=O) groups is 1. The summed E-state index contributed by atoms with van der Waals surface area (Å²) in [7, 11) is 0. The van der Waals surface area contributed by atoms with E-state index in [1.54, 1.807) is 0 Å². The number of hydrogen-bond donors (Lipinski definition) is 0. The fourth-order valence-electron chi connectivity index (χ4n) is 3.73. The minimum absolute atomic E-state index is 0.0504. The standard InChI is InChI=1S/C19H21Cl2NO2/c1-18(12-19(18,20)21)17(23)15-11-22(10-13-6-8-24-9-7-13)16-5-3-2-4-14(15)16/h2-5,11,13H,6-10,12H2,1H3. The van der Waals surface area contributed by atoms with Crippen molar-refractivity contribution in [2.75, 3.05) is 13.2 Å². The van der Waals surface area contributed by atoms with Gasteiger partial charge in [0.15, 0.2) is 5.78 Å². The Kier molecular flexibility index (Phi) is 3.94. The first kappa shape index (κ1) is 16.4. The highest BCUT2D eigenvalue weighted by Crippen LogP contribution is 2.65. The molecule has 0 bridgehead atoms. The number of halogens is 2. The van der Waals surface area contributed by atoms with Crippen LogP contribution in [-0.4, -0.2) is 27.9 Å². The molecule has 1 saturated heterocycles. The van der Waals surface area contributed by atoms with Crippen LogP contribution < -0.4 is 0 Å². The highest BCUT2D eigenvalue weighted by molar-refractivity contribution is 6.53. The van der Waals surface area contributed by atoms with Gasteiger partial charge in [-0.25, -0.2) is 0 Å². The predicted octanol–water partition coefficient (Wildman–Crippen LogP) is 4.83. The number of benzene rings is 1. The van der Waals surface area contributed by atoms with E-state index in [0.717, 1.165) is 49.1 Å². The van der Waals surface area contributed by atoms with E-state index < -0.39 is 9.75 Å². The molecule has 2 aromatic rings. The molecule has 2 aliphatic rings. The maximum absolute atomic E-state index is 13.1. The number of Topliss-reactive ketones (excluding diaryl/α,β-unsaturated/α-hetero) is 1. The van der Waals surface area contributed by atoms with Gasteiger partial charge in [0.05, 0.1) is 5.41 Å². The fraction of sp³-hybridized carbons (Fsp3) is 0.526. The van der Waals surface area contributed by atoms with Gasteiger partial charge in [-0.2, -0.15) is 0 Å². The third-order valence-electron chi connectivity index (χ3n) is 5.59. The van der Waals surface area contributed by atoms with Gasteiger partial charge in [0.1, 0.15) is 4.33 Å². The molecule has 128 valence electrons. The quantitative estimate of drug-likeness (QED) is 0.573. The van der Waals surface area contributed by atoms with Crippen LogP contribution in [-0.2, 0) is 11.3 Å². The van der Waals surface area contributed by atoms with Gasteiger partial charge in [-0.1, -0.05) is 18.2 Å². The number of ketones is 1. The van der Waals surface area contributed by atoms with Crippen LogP contribution in [0.2, 0.25) is 0 Å². The summed E-state index contributed by atoms with van der Waals surface area (Å²) < 4.78 is 6.73. The van der Waals surface area contributed by atoms with Crippen LogP contribution >= 0.6 is 23.2 Å². The smallest absolute Gasteiger partial charge is 0.173 e. The van der Waals surface area contributed by atoms with Crippen molar-refractivity contribution in [3.63, 3.8) is 0 Å². The molecule has 2 fully saturated rings. The van der Waals surface area contributed by atoms with E-state index >= 15 is 0 Å². The Hall–Kier alpha value is -1.03. The number of aromatic nitrogens is 1. The molecule has 0 spiro atoms. The van der Waals surface area contributed by atoms with E-state index in [2.05, 4.69) is 10.6 Å². The van der Waals surface area contributed by atoms with Gasteiger partial charge in [-0.15, -0.1) is 23.2 Å². The lowest BCUT2D eigenvalue weighted by atomic mass is 9.96. The summed E-state index contributed by atoms with van der Waals surface area (Å²) in [6.07, 6.45) is 4.65. The molecule has 1 unspecified atom stereocenters. The van der Waals surface area contributed by atoms with Crippen LogP contribution in [0.25, 0.3) is 10.9 Å². The van der Waals surface area contributed by atoms with Crippen LogP contribution in [0.5, 0.6) is 0 Å². The largest absolute Gasteiger partial charge is 0.381 e. The van der Waals surface area contributed by atoms with Crippen molar-refractivity contribution in [1.29, 1.82) is 0 Å². The molecule has 1 atom stereocenters. The first-order valence-electron chi connectivity index (χ1n) is 8.51. The molecule has 0 N–H and O–H groups in total. The van der Waals surface area contributed by atoms with Gasteiger partial charge < -0.3 is 9.30 Å². The molecular formula is C19H21Cl2NO2. The highest BCUT2D eigenvalue weighted by atomic mass is 35.5. The Bertz CT molecular complexity index is 792. The lowest BCUT2D eigenvalue weighted by Gasteiger charge is -2.22. The van der Waals surface area contributed by atoms with Crippen molar-refractivity contribution in [1.82, 2.24) is 4.57 Å². The van der Waals surface area contributed by atoms with E-state index in [4.69, 9.17) is 27.9 Å². The van der Waals surface area contributed by atoms with Crippen molar-refractivity contribution >= 4 is 39.9 Å². The lowest BCUT2D eigenvalue weighted by Crippen LogP contribution is -2.20. The second-order valence-electron chi connectivity index (χ2n) is 7.31. The number of hydrogen-bond acceptors (Lipinski definition) is 2. The Morgan fingerprint density at radius 3 is 2.62 bits per heavy atom. The molecule has 0 radical (unpaired) electrons. The molecule has 1 aromatic heterocycles. The van der Waals surface area contributed by atoms with Crippen molar-refractivity contribution in [2.45, 2.75) is 37.1 Å². The number of alkyl halides is 2. The zero-order chi connectivity index (χ0) is 16.9. The molecule has 1 aliphatic carbocycles. The minimum atomic E-state index is -0.937. The van der Waals surface area contributed by atoms with Gasteiger partial charge in [0.25, 0.3) is 0 Å². The highest BCUT2D eigenvalue weighted by Gasteiger charge is 2.67. The Labute approximate surface area is 151 Å². The molecule has 1 aliphatic heterocycles. The van der Waals surface area contributed by atoms with E-state index in [0.29, 0.717) is 12.3 Å². The van der Waals surface area contributed by atoms with E-state index in [1.807, 2.05) is 31.3 Å². The molecule has 4 rings (SSSR count). The molecule has 1 saturated carbocycles.